The van der Waals surface area contributed by atoms with Crippen LogP contribution in [-0.2, 0) is 6.18 Å². The van der Waals surface area contributed by atoms with Crippen molar-refractivity contribution in [1.82, 2.24) is 9.97 Å². The molecule has 0 saturated carbocycles. The predicted molar refractivity (Wildman–Crippen MR) is 73.8 cm³/mol. The van der Waals surface area contributed by atoms with Crippen LogP contribution in [0.4, 0.5) is 24.9 Å². The fraction of sp³-hybridized carbons (Fsp3) is 0.692. The summed E-state index contributed by atoms with van der Waals surface area (Å²) in [5.41, 5.74) is -0.943. The lowest BCUT2D eigenvalue weighted by Crippen LogP contribution is -2.13. The van der Waals surface area contributed by atoms with E-state index < -0.39 is 11.9 Å². The van der Waals surface area contributed by atoms with E-state index in [1.165, 1.54) is 7.05 Å². The second-order valence-corrected chi connectivity index (χ2v) is 5.03. The third-order valence-electron chi connectivity index (χ3n) is 2.75. The van der Waals surface area contributed by atoms with Crippen molar-refractivity contribution in [3.05, 3.63) is 11.8 Å². The molecule has 0 aromatic carbocycles. The Hall–Kier alpha value is -1.53. The fourth-order valence-corrected chi connectivity index (χ4v) is 1.69. The lowest BCUT2D eigenvalue weighted by atomic mass is 10.1. The van der Waals surface area contributed by atoms with Crippen molar-refractivity contribution in [2.75, 3.05) is 24.2 Å². The molecule has 0 aliphatic carbocycles. The maximum atomic E-state index is 12.7. The summed E-state index contributed by atoms with van der Waals surface area (Å²) in [6.07, 6.45) is -1.41. The minimum Gasteiger partial charge on any atom is -0.370 e. The van der Waals surface area contributed by atoms with Crippen molar-refractivity contribution in [3.63, 3.8) is 0 Å². The van der Waals surface area contributed by atoms with Gasteiger partial charge in [-0.3, -0.25) is 0 Å². The highest BCUT2D eigenvalue weighted by atomic mass is 19.4. The number of halogens is 3. The van der Waals surface area contributed by atoms with Crippen LogP contribution in [0.15, 0.2) is 6.07 Å². The Morgan fingerprint density at radius 2 is 1.90 bits per heavy atom. The molecule has 1 aromatic rings. The average Bonchev–Trinajstić information content (AvgIpc) is 2.36. The molecule has 20 heavy (non-hydrogen) atoms. The third kappa shape index (κ3) is 5.63. The van der Waals surface area contributed by atoms with E-state index in [9.17, 15) is 13.2 Å². The maximum absolute atomic E-state index is 12.7. The van der Waals surface area contributed by atoms with Crippen LogP contribution in [0.3, 0.4) is 0 Å². The molecule has 2 N–H and O–H groups in total. The van der Waals surface area contributed by atoms with Crippen molar-refractivity contribution >= 4 is 11.8 Å². The standard InChI is InChI=1S/C13H21F3N4/c1-9(2)6-4-5-7-18-11-8-10(13(14,15)16)19-12(17-3)20-11/h8-9H,4-7H2,1-3H3,(H2,17,18,19,20). The Morgan fingerprint density at radius 1 is 1.20 bits per heavy atom. The molecule has 0 fully saturated rings. The molecule has 4 nitrogen and oxygen atoms in total. The van der Waals surface area contributed by atoms with Crippen LogP contribution in [0.5, 0.6) is 0 Å². The smallest absolute Gasteiger partial charge is 0.370 e. The minimum absolute atomic E-state index is 0.0375. The summed E-state index contributed by atoms with van der Waals surface area (Å²) in [6.45, 7) is 4.89. The summed E-state index contributed by atoms with van der Waals surface area (Å²) in [6, 6.07) is 0.934. The van der Waals surface area contributed by atoms with Gasteiger partial charge < -0.3 is 10.6 Å². The Bertz CT molecular complexity index is 419. The zero-order valence-corrected chi connectivity index (χ0v) is 12.0. The lowest BCUT2D eigenvalue weighted by molar-refractivity contribution is -0.141. The van der Waals surface area contributed by atoms with E-state index in [1.807, 2.05) is 0 Å². The van der Waals surface area contributed by atoms with Gasteiger partial charge in [-0.2, -0.15) is 18.2 Å². The number of aromatic nitrogens is 2. The first-order chi connectivity index (χ1) is 9.32. The van der Waals surface area contributed by atoms with Crippen LogP contribution in [0.1, 0.15) is 38.8 Å². The van der Waals surface area contributed by atoms with Gasteiger partial charge >= 0.3 is 6.18 Å². The molecule has 1 heterocycles. The molecule has 0 aliphatic rings. The summed E-state index contributed by atoms with van der Waals surface area (Å²) in [5, 5.41) is 5.45. The van der Waals surface area contributed by atoms with E-state index in [1.54, 1.807) is 0 Å². The van der Waals surface area contributed by atoms with Crippen molar-refractivity contribution in [2.45, 2.75) is 39.3 Å². The van der Waals surface area contributed by atoms with Gasteiger partial charge in [0.05, 0.1) is 0 Å². The molecule has 0 saturated heterocycles. The first-order valence-corrected chi connectivity index (χ1v) is 6.71. The first kappa shape index (κ1) is 16.5. The Labute approximate surface area is 117 Å². The van der Waals surface area contributed by atoms with E-state index in [4.69, 9.17) is 0 Å². The summed E-state index contributed by atoms with van der Waals surface area (Å²) in [7, 11) is 1.49. The van der Waals surface area contributed by atoms with Crippen molar-refractivity contribution in [2.24, 2.45) is 5.92 Å². The van der Waals surface area contributed by atoms with Crippen LogP contribution in [0.2, 0.25) is 0 Å². The molecule has 0 bridgehead atoms. The molecule has 0 spiro atoms. The van der Waals surface area contributed by atoms with Crippen LogP contribution in [-0.4, -0.2) is 23.6 Å². The zero-order valence-electron chi connectivity index (χ0n) is 12.0. The minimum atomic E-state index is -4.47. The van der Waals surface area contributed by atoms with Gasteiger partial charge in [-0.1, -0.05) is 26.7 Å². The normalized spacial score (nSPS) is 11.8. The second kappa shape index (κ2) is 7.31. The number of alkyl halides is 3. The Morgan fingerprint density at radius 3 is 2.45 bits per heavy atom. The van der Waals surface area contributed by atoms with Gasteiger partial charge in [0.15, 0.2) is 5.69 Å². The molecular weight excluding hydrogens is 269 g/mol. The summed E-state index contributed by atoms with van der Waals surface area (Å²) < 4.78 is 38.0. The van der Waals surface area contributed by atoms with E-state index in [0.29, 0.717) is 12.5 Å². The third-order valence-corrected chi connectivity index (χ3v) is 2.75. The van der Waals surface area contributed by atoms with Gasteiger partial charge in [0, 0.05) is 19.7 Å². The molecule has 0 unspecified atom stereocenters. The predicted octanol–water partition coefficient (Wildman–Crippen LogP) is 3.78. The highest BCUT2D eigenvalue weighted by Crippen LogP contribution is 2.29. The van der Waals surface area contributed by atoms with Gasteiger partial charge in [0.2, 0.25) is 5.95 Å². The van der Waals surface area contributed by atoms with E-state index >= 15 is 0 Å². The number of hydrogen-bond donors (Lipinski definition) is 2. The van der Waals surface area contributed by atoms with Gasteiger partial charge in [0.1, 0.15) is 5.82 Å². The highest BCUT2D eigenvalue weighted by molar-refractivity contribution is 5.42. The molecule has 7 heteroatoms. The van der Waals surface area contributed by atoms with Crippen LogP contribution in [0.25, 0.3) is 0 Å². The SMILES string of the molecule is CNc1nc(NCCCCC(C)C)cc(C(F)(F)F)n1. The number of anilines is 2. The molecule has 1 rings (SSSR count). The van der Waals surface area contributed by atoms with Gasteiger partial charge in [-0.15, -0.1) is 0 Å². The van der Waals surface area contributed by atoms with Crippen molar-refractivity contribution < 1.29 is 13.2 Å². The first-order valence-electron chi connectivity index (χ1n) is 6.71. The summed E-state index contributed by atoms with van der Waals surface area (Å²) >= 11 is 0. The van der Waals surface area contributed by atoms with Crippen molar-refractivity contribution in [1.29, 1.82) is 0 Å². The number of rotatable bonds is 7. The number of nitrogens with one attached hydrogen (secondary N) is 2. The molecule has 0 radical (unpaired) electrons. The Balaban J connectivity index is 2.61. The second-order valence-electron chi connectivity index (χ2n) is 5.03. The maximum Gasteiger partial charge on any atom is 0.433 e. The fourth-order valence-electron chi connectivity index (χ4n) is 1.69. The topological polar surface area (TPSA) is 49.8 Å². The highest BCUT2D eigenvalue weighted by Gasteiger charge is 2.33. The van der Waals surface area contributed by atoms with E-state index in [2.05, 4.69) is 34.4 Å². The largest absolute Gasteiger partial charge is 0.433 e. The molecule has 0 atom stereocenters. The monoisotopic (exact) mass is 290 g/mol. The molecule has 1 aromatic heterocycles. The number of nitrogens with zero attached hydrogens (tertiary/aromatic N) is 2. The molecule has 114 valence electrons. The summed E-state index contributed by atoms with van der Waals surface area (Å²) in [5.74, 6) is 0.799. The van der Waals surface area contributed by atoms with E-state index in [0.717, 1.165) is 25.3 Å². The number of hydrogen-bond acceptors (Lipinski definition) is 4. The van der Waals surface area contributed by atoms with Crippen LogP contribution in [0, 0.1) is 5.92 Å². The van der Waals surface area contributed by atoms with Crippen LogP contribution < -0.4 is 10.6 Å². The molecular formula is C13H21F3N4. The lowest BCUT2D eigenvalue weighted by Gasteiger charge is -2.11. The van der Waals surface area contributed by atoms with Gasteiger partial charge in [-0.25, -0.2) is 4.98 Å². The van der Waals surface area contributed by atoms with Gasteiger partial charge in [0.25, 0.3) is 0 Å². The average molecular weight is 290 g/mol. The Kier molecular flexibility index (Phi) is 6.04. The number of unbranched alkanes of at least 4 members (excludes halogenated alkanes) is 1. The quantitative estimate of drug-likeness (QED) is 0.750. The summed E-state index contributed by atoms with van der Waals surface area (Å²) in [4.78, 5) is 7.37. The molecule has 0 amide bonds. The van der Waals surface area contributed by atoms with E-state index in [-0.39, 0.29) is 11.8 Å². The molecule has 0 aliphatic heterocycles. The zero-order chi connectivity index (χ0) is 15.2. The van der Waals surface area contributed by atoms with Gasteiger partial charge in [-0.05, 0) is 12.3 Å². The van der Waals surface area contributed by atoms with Crippen molar-refractivity contribution in [3.8, 4) is 0 Å². The van der Waals surface area contributed by atoms with Crippen LogP contribution >= 0.6 is 0 Å².